The normalized spacial score (nSPS) is 24.1. The Morgan fingerprint density at radius 3 is 2.76 bits per heavy atom. The van der Waals surface area contributed by atoms with Crippen LogP contribution in [0.4, 0.5) is 0 Å². The Bertz CT molecular complexity index is 546. The van der Waals surface area contributed by atoms with Crippen molar-refractivity contribution in [1.29, 1.82) is 0 Å². The summed E-state index contributed by atoms with van der Waals surface area (Å²) in [5.41, 5.74) is -0.603. The number of aromatic amines is 1. The Hall–Kier alpha value is -1.93. The minimum atomic E-state index is -1.07. The lowest BCUT2D eigenvalue weighted by Crippen LogP contribution is -2.56. The van der Waals surface area contributed by atoms with E-state index < -0.39 is 17.6 Å². The Morgan fingerprint density at radius 1 is 1.43 bits per heavy atom. The standard InChI is InChI=1S/C13H17N3O5/c17-10(9-7-20-4-5-21-9)16-13(2-1-3-13)12-14-6-8(15-12)11(18)19/h6,9H,1-5,7H2,(H,14,15)(H,16,17)(H,18,19). The van der Waals surface area contributed by atoms with E-state index in [-0.39, 0.29) is 18.2 Å². The zero-order valence-corrected chi connectivity index (χ0v) is 11.4. The molecular weight excluding hydrogens is 278 g/mol. The summed E-state index contributed by atoms with van der Waals surface area (Å²) in [6.45, 7) is 1.13. The Morgan fingerprint density at radius 2 is 2.24 bits per heavy atom. The lowest BCUT2D eigenvalue weighted by Gasteiger charge is -2.41. The first kappa shape index (κ1) is 14.0. The minimum absolute atomic E-state index is 0.0165. The van der Waals surface area contributed by atoms with Gasteiger partial charge in [0.05, 0.1) is 31.6 Å². The summed E-state index contributed by atoms with van der Waals surface area (Å²) in [5.74, 6) is -0.836. The molecule has 1 unspecified atom stereocenters. The smallest absolute Gasteiger partial charge is 0.353 e. The molecule has 0 aromatic carbocycles. The van der Waals surface area contributed by atoms with Crippen molar-refractivity contribution in [2.45, 2.75) is 30.9 Å². The van der Waals surface area contributed by atoms with Crippen molar-refractivity contribution in [1.82, 2.24) is 15.3 Å². The highest BCUT2D eigenvalue weighted by atomic mass is 16.6. The molecule has 8 heteroatoms. The van der Waals surface area contributed by atoms with Gasteiger partial charge in [-0.15, -0.1) is 0 Å². The predicted octanol–water partition coefficient (Wildman–Crippen LogP) is 0.0187. The Labute approximate surface area is 120 Å². The van der Waals surface area contributed by atoms with Crippen molar-refractivity contribution in [3.05, 3.63) is 17.7 Å². The van der Waals surface area contributed by atoms with Gasteiger partial charge in [-0.3, -0.25) is 4.79 Å². The summed E-state index contributed by atoms with van der Waals surface area (Å²) in [5, 5.41) is 11.9. The molecule has 2 fully saturated rings. The van der Waals surface area contributed by atoms with Gasteiger partial charge >= 0.3 is 5.97 Å². The van der Waals surface area contributed by atoms with Gasteiger partial charge in [0.2, 0.25) is 0 Å². The molecule has 1 aromatic heterocycles. The molecule has 1 saturated carbocycles. The maximum absolute atomic E-state index is 12.2. The van der Waals surface area contributed by atoms with E-state index in [1.54, 1.807) is 0 Å². The Kier molecular flexibility index (Phi) is 3.64. The minimum Gasteiger partial charge on any atom is -0.477 e. The van der Waals surface area contributed by atoms with Crippen LogP contribution < -0.4 is 5.32 Å². The predicted molar refractivity (Wildman–Crippen MR) is 69.8 cm³/mol. The first-order valence-electron chi connectivity index (χ1n) is 6.91. The van der Waals surface area contributed by atoms with Gasteiger partial charge in [-0.05, 0) is 19.3 Å². The van der Waals surface area contributed by atoms with Crippen molar-refractivity contribution in [2.24, 2.45) is 0 Å². The second-order valence-electron chi connectivity index (χ2n) is 5.31. The van der Waals surface area contributed by atoms with Crippen LogP contribution >= 0.6 is 0 Å². The SMILES string of the molecule is O=C(O)c1cnc(C2(NC(=O)C3COCCO3)CCC2)[nH]1. The van der Waals surface area contributed by atoms with Crippen LogP contribution in [0.25, 0.3) is 0 Å². The molecule has 0 radical (unpaired) electrons. The largest absolute Gasteiger partial charge is 0.477 e. The molecule has 1 aliphatic carbocycles. The number of imidazole rings is 1. The molecule has 3 rings (SSSR count). The number of hydrogen-bond donors (Lipinski definition) is 3. The monoisotopic (exact) mass is 295 g/mol. The Balaban J connectivity index is 1.73. The first-order chi connectivity index (χ1) is 10.1. The van der Waals surface area contributed by atoms with Crippen molar-refractivity contribution in [3.63, 3.8) is 0 Å². The highest BCUT2D eigenvalue weighted by molar-refractivity contribution is 5.85. The van der Waals surface area contributed by atoms with E-state index in [2.05, 4.69) is 15.3 Å². The fraction of sp³-hybridized carbons (Fsp3) is 0.615. The quantitative estimate of drug-likeness (QED) is 0.721. The number of amides is 1. The van der Waals surface area contributed by atoms with Gasteiger partial charge in [-0.2, -0.15) is 0 Å². The van der Waals surface area contributed by atoms with Crippen LogP contribution in [0.3, 0.4) is 0 Å². The molecule has 3 N–H and O–H groups in total. The molecule has 1 saturated heterocycles. The number of nitrogens with zero attached hydrogens (tertiary/aromatic N) is 1. The van der Waals surface area contributed by atoms with Crippen LogP contribution in [0.15, 0.2) is 6.20 Å². The average molecular weight is 295 g/mol. The third kappa shape index (κ3) is 2.64. The zero-order chi connectivity index (χ0) is 14.9. The third-order valence-electron chi connectivity index (χ3n) is 3.94. The van der Waals surface area contributed by atoms with Crippen molar-refractivity contribution >= 4 is 11.9 Å². The number of nitrogens with one attached hydrogen (secondary N) is 2. The first-order valence-corrected chi connectivity index (χ1v) is 6.91. The molecule has 0 spiro atoms. The average Bonchev–Trinajstić information content (AvgIpc) is 2.93. The van der Waals surface area contributed by atoms with Gasteiger partial charge in [-0.25, -0.2) is 9.78 Å². The topological polar surface area (TPSA) is 114 Å². The number of carboxylic acid groups (broad SMARTS) is 1. The molecule has 1 aliphatic heterocycles. The lowest BCUT2D eigenvalue weighted by molar-refractivity contribution is -0.150. The van der Waals surface area contributed by atoms with E-state index in [1.165, 1.54) is 6.20 Å². The summed E-state index contributed by atoms with van der Waals surface area (Å²) in [4.78, 5) is 30.0. The number of H-pyrrole nitrogens is 1. The number of hydrogen-bond acceptors (Lipinski definition) is 5. The molecule has 2 heterocycles. The van der Waals surface area contributed by atoms with E-state index in [4.69, 9.17) is 14.6 Å². The van der Waals surface area contributed by atoms with E-state index in [1.807, 2.05) is 0 Å². The van der Waals surface area contributed by atoms with Gasteiger partial charge in [0, 0.05) is 0 Å². The molecule has 0 bridgehead atoms. The second kappa shape index (κ2) is 5.45. The summed E-state index contributed by atoms with van der Waals surface area (Å²) in [7, 11) is 0. The summed E-state index contributed by atoms with van der Waals surface area (Å²) in [6, 6.07) is 0. The van der Waals surface area contributed by atoms with Crippen LogP contribution in [-0.2, 0) is 19.8 Å². The summed E-state index contributed by atoms with van der Waals surface area (Å²) >= 11 is 0. The molecule has 8 nitrogen and oxygen atoms in total. The molecule has 2 aliphatic rings. The van der Waals surface area contributed by atoms with E-state index in [0.29, 0.717) is 19.0 Å². The molecule has 1 atom stereocenters. The van der Waals surface area contributed by atoms with Crippen molar-refractivity contribution in [2.75, 3.05) is 19.8 Å². The summed E-state index contributed by atoms with van der Waals surface area (Å²) in [6.07, 6.45) is 3.04. The molecular formula is C13H17N3O5. The molecule has 114 valence electrons. The molecule has 21 heavy (non-hydrogen) atoms. The molecule has 1 amide bonds. The number of carboxylic acids is 1. The number of rotatable bonds is 4. The number of carbonyl (C=O) groups is 2. The van der Waals surface area contributed by atoms with E-state index in [0.717, 1.165) is 19.3 Å². The zero-order valence-electron chi connectivity index (χ0n) is 11.4. The number of aromatic carboxylic acids is 1. The number of aromatic nitrogens is 2. The maximum atomic E-state index is 12.2. The fourth-order valence-corrected chi connectivity index (χ4v) is 2.58. The van der Waals surface area contributed by atoms with E-state index >= 15 is 0 Å². The highest BCUT2D eigenvalue weighted by Crippen LogP contribution is 2.39. The van der Waals surface area contributed by atoms with Crippen molar-refractivity contribution < 1.29 is 24.2 Å². The number of ether oxygens (including phenoxy) is 2. The van der Waals surface area contributed by atoms with Crippen LogP contribution in [0.1, 0.15) is 35.6 Å². The van der Waals surface area contributed by atoms with Crippen LogP contribution in [-0.4, -0.2) is 52.9 Å². The van der Waals surface area contributed by atoms with Gasteiger partial charge in [0.1, 0.15) is 11.5 Å². The molecule has 1 aromatic rings. The lowest BCUT2D eigenvalue weighted by atomic mass is 9.76. The van der Waals surface area contributed by atoms with Crippen LogP contribution in [0.2, 0.25) is 0 Å². The van der Waals surface area contributed by atoms with Gasteiger partial charge < -0.3 is 24.9 Å². The van der Waals surface area contributed by atoms with Gasteiger partial charge in [0.25, 0.3) is 5.91 Å². The van der Waals surface area contributed by atoms with Gasteiger partial charge in [-0.1, -0.05) is 0 Å². The third-order valence-corrected chi connectivity index (χ3v) is 3.94. The fourth-order valence-electron chi connectivity index (χ4n) is 2.58. The summed E-state index contributed by atoms with van der Waals surface area (Å²) < 4.78 is 10.6. The van der Waals surface area contributed by atoms with Gasteiger partial charge in [0.15, 0.2) is 6.10 Å². The maximum Gasteiger partial charge on any atom is 0.353 e. The van der Waals surface area contributed by atoms with Crippen molar-refractivity contribution in [3.8, 4) is 0 Å². The van der Waals surface area contributed by atoms with E-state index in [9.17, 15) is 9.59 Å². The number of carbonyl (C=O) groups excluding carboxylic acids is 1. The van der Waals surface area contributed by atoms with Crippen LogP contribution in [0, 0.1) is 0 Å². The van der Waals surface area contributed by atoms with Crippen LogP contribution in [0.5, 0.6) is 0 Å². The highest BCUT2D eigenvalue weighted by Gasteiger charge is 2.44. The second-order valence-corrected chi connectivity index (χ2v) is 5.31.